The van der Waals surface area contributed by atoms with Gasteiger partial charge in [-0.3, -0.25) is 0 Å². The normalized spacial score (nSPS) is 11.6. The Balaban J connectivity index is 0.0000000871. The molecule has 0 fully saturated rings. The number of allylic oxidation sites excluding steroid dienone is 1. The van der Waals surface area contributed by atoms with E-state index in [1.54, 1.807) is 6.08 Å². The van der Waals surface area contributed by atoms with Gasteiger partial charge in [0.1, 0.15) is 0 Å². The Kier molecular flexibility index (Phi) is 12.7. The Hall–Kier alpha value is -11.2. The molecule has 0 saturated carbocycles. The highest BCUT2D eigenvalue weighted by Gasteiger charge is 2.13. The molecule has 0 unspecified atom stereocenters. The Morgan fingerprint density at radius 2 is 0.241 bits per heavy atom. The van der Waals surface area contributed by atoms with Crippen LogP contribution in [-0.4, -0.2) is 0 Å². The van der Waals surface area contributed by atoms with Crippen molar-refractivity contribution in [1.29, 1.82) is 0 Å². The summed E-state index contributed by atoms with van der Waals surface area (Å²) in [5.74, 6) is 0. The minimum absolute atomic E-state index is 1.33. The van der Waals surface area contributed by atoms with Crippen LogP contribution < -0.4 is 0 Å². The molecule has 0 N–H and O–H groups in total. The molecule has 0 aliphatic rings. The number of hydrogen-bond acceptors (Lipinski definition) is 0. The van der Waals surface area contributed by atoms with Gasteiger partial charge in [-0.15, -0.1) is 6.58 Å². The predicted octanol–water partition coefficient (Wildman–Crippen LogP) is 25.3. The molecule has 0 aliphatic carbocycles. The summed E-state index contributed by atoms with van der Waals surface area (Å²) in [6.45, 7) is 5.25. The first kappa shape index (κ1) is 51.5. The minimum atomic E-state index is 1.33. The van der Waals surface area contributed by atoms with E-state index >= 15 is 0 Å². The highest BCUT2D eigenvalue weighted by atomic mass is 14.2. The number of fused-ring (bicyclic) bond motifs is 2. The summed E-state index contributed by atoms with van der Waals surface area (Å²) in [6, 6.07) is 114. The average Bonchev–Trinajstić information content (AvgIpc) is 1.19. The van der Waals surface area contributed by atoms with Crippen molar-refractivity contribution in [3.8, 4) is 0 Å². The summed E-state index contributed by atoms with van der Waals surface area (Å²) >= 11 is 0. The molecule has 21 aromatic carbocycles. The molecule has 0 nitrogen and oxygen atoms in total. The van der Waals surface area contributed by atoms with Crippen LogP contribution in [0.1, 0.15) is 6.92 Å². The lowest BCUT2D eigenvalue weighted by atomic mass is 9.90. The molecular formula is C87H58. The molecular weight excluding hydrogens is 1040 g/mol. The third kappa shape index (κ3) is 8.76. The molecule has 21 aromatic rings. The molecule has 0 aromatic heterocycles. The van der Waals surface area contributed by atoms with Gasteiger partial charge in [0.25, 0.3) is 0 Å². The van der Waals surface area contributed by atoms with E-state index in [0.29, 0.717) is 0 Å². The van der Waals surface area contributed by atoms with Crippen molar-refractivity contribution >= 4 is 172 Å². The molecule has 0 radical (unpaired) electrons. The second-order valence-electron chi connectivity index (χ2n) is 23.0. The highest BCUT2D eigenvalue weighted by molar-refractivity contribution is 6.33. The summed E-state index contributed by atoms with van der Waals surface area (Å²) in [7, 11) is 0. The Morgan fingerprint density at radius 1 is 0.149 bits per heavy atom. The quantitative estimate of drug-likeness (QED) is 0.0807. The van der Waals surface area contributed by atoms with Crippen molar-refractivity contribution in [3.63, 3.8) is 0 Å². The van der Waals surface area contributed by atoms with E-state index < -0.39 is 0 Å². The average molecular weight is 1100 g/mol. The molecule has 0 bridgehead atoms. The third-order valence-corrected chi connectivity index (χ3v) is 18.0. The molecule has 0 aliphatic heterocycles. The van der Waals surface area contributed by atoms with Crippen LogP contribution in [0, 0.1) is 0 Å². The summed E-state index contributed by atoms with van der Waals surface area (Å²) in [5.41, 5.74) is 0. The molecule has 87 heavy (non-hydrogen) atoms. The fraction of sp³-hybridized carbons (Fsp3) is 0.0115. The first-order valence-corrected chi connectivity index (χ1v) is 30.2. The fourth-order valence-corrected chi connectivity index (χ4v) is 14.3. The van der Waals surface area contributed by atoms with Gasteiger partial charge in [0, 0.05) is 0 Å². The molecule has 0 amide bonds. The largest absolute Gasteiger partial charge is 0.103 e. The first-order chi connectivity index (χ1) is 43.1. The zero-order valence-corrected chi connectivity index (χ0v) is 48.3. The maximum absolute atomic E-state index is 3.36. The van der Waals surface area contributed by atoms with E-state index in [0.717, 1.165) is 0 Å². The van der Waals surface area contributed by atoms with Gasteiger partial charge in [0.2, 0.25) is 0 Å². The van der Waals surface area contributed by atoms with Crippen LogP contribution in [0.2, 0.25) is 0 Å². The summed E-state index contributed by atoms with van der Waals surface area (Å²) in [6.07, 6.45) is 1.75. The topological polar surface area (TPSA) is 0 Å². The van der Waals surface area contributed by atoms with Crippen molar-refractivity contribution in [2.24, 2.45) is 0 Å². The lowest BCUT2D eigenvalue weighted by molar-refractivity contribution is 1.78. The van der Waals surface area contributed by atoms with Crippen molar-refractivity contribution in [2.45, 2.75) is 6.92 Å². The van der Waals surface area contributed by atoms with Gasteiger partial charge in [0.15, 0.2) is 0 Å². The van der Waals surface area contributed by atoms with Crippen LogP contribution >= 0.6 is 0 Å². The van der Waals surface area contributed by atoms with Crippen molar-refractivity contribution in [1.82, 2.24) is 0 Å². The van der Waals surface area contributed by atoms with E-state index in [1.807, 2.05) is 6.92 Å². The molecule has 0 atom stereocenters. The Bertz CT molecular complexity index is 4800. The van der Waals surface area contributed by atoms with Crippen LogP contribution in [0.4, 0.5) is 0 Å². The minimum Gasteiger partial charge on any atom is -0.103 e. The van der Waals surface area contributed by atoms with E-state index in [-0.39, 0.29) is 0 Å². The number of rotatable bonds is 0. The molecule has 0 heterocycles. The van der Waals surface area contributed by atoms with E-state index in [1.165, 1.54) is 172 Å². The van der Waals surface area contributed by atoms with Crippen LogP contribution in [-0.2, 0) is 0 Å². The van der Waals surface area contributed by atoms with Crippen LogP contribution in [0.25, 0.3) is 172 Å². The van der Waals surface area contributed by atoms with Crippen molar-refractivity contribution < 1.29 is 0 Å². The molecule has 21 rings (SSSR count). The van der Waals surface area contributed by atoms with Gasteiger partial charge >= 0.3 is 0 Å². The maximum atomic E-state index is 3.36. The predicted molar refractivity (Wildman–Crippen MR) is 384 cm³/mol. The molecule has 406 valence electrons. The summed E-state index contributed by atoms with van der Waals surface area (Å²) in [4.78, 5) is 0. The third-order valence-electron chi connectivity index (χ3n) is 18.0. The number of hydrogen-bond donors (Lipinski definition) is 0. The molecule has 0 saturated heterocycles. The molecule has 0 spiro atoms. The second-order valence-corrected chi connectivity index (χ2v) is 23.0. The lowest BCUT2D eigenvalue weighted by Crippen LogP contribution is -1.85. The summed E-state index contributed by atoms with van der Waals surface area (Å²) < 4.78 is 0. The summed E-state index contributed by atoms with van der Waals surface area (Å²) in [5, 5.41) is 43.5. The van der Waals surface area contributed by atoms with Gasteiger partial charge in [-0.25, -0.2) is 0 Å². The zero-order valence-electron chi connectivity index (χ0n) is 48.3. The van der Waals surface area contributed by atoms with E-state index in [9.17, 15) is 0 Å². The number of benzene rings is 21. The van der Waals surface area contributed by atoms with Crippen molar-refractivity contribution in [2.75, 3.05) is 0 Å². The van der Waals surface area contributed by atoms with Gasteiger partial charge in [0.05, 0.1) is 0 Å². The van der Waals surface area contributed by atoms with Gasteiger partial charge < -0.3 is 0 Å². The SMILES string of the molecule is C=CC.c1cc2ccc3cccc4ccc(c1)c2c34.c1cc2ccc3cccc4ccc(c1)c2c34.c1cc2ccc3cccc4ccc(c1)c2c34.c1cc2ccc3cccc4ccc(c1)c2c34.c1cc2cccc3c4cccc5cccc(c(c1)c23)c54. The maximum Gasteiger partial charge on any atom is -0.00264 e. The van der Waals surface area contributed by atoms with Gasteiger partial charge in [-0.05, 0) is 179 Å². The van der Waals surface area contributed by atoms with Gasteiger partial charge in [-0.1, -0.05) is 322 Å². The standard InChI is InChI=1S/C20H12.4C16H10.C3H6/c1-5-13-6-2-11-17-18-12-4-8-14-7-3-10-16(20(14)18)15(9-1)19(13)17;4*1-3-11-7-9-13-5-2-6-14-10-8-12(4-1)15(11)16(13)14;1-3-2/h1-12H;4*1-10H;3H,1H2,2H3. The fourth-order valence-electron chi connectivity index (χ4n) is 14.3. The highest BCUT2D eigenvalue weighted by Crippen LogP contribution is 2.41. The van der Waals surface area contributed by atoms with Crippen LogP contribution in [0.15, 0.2) is 328 Å². The lowest BCUT2D eigenvalue weighted by Gasteiger charge is -2.13. The smallest absolute Gasteiger partial charge is 0.00264 e. The van der Waals surface area contributed by atoms with Crippen LogP contribution in [0.3, 0.4) is 0 Å². The van der Waals surface area contributed by atoms with E-state index in [2.05, 4.69) is 322 Å². The van der Waals surface area contributed by atoms with E-state index in [4.69, 9.17) is 0 Å². The van der Waals surface area contributed by atoms with Crippen molar-refractivity contribution in [3.05, 3.63) is 328 Å². The Labute approximate surface area is 504 Å². The second kappa shape index (κ2) is 21.5. The Morgan fingerprint density at radius 3 is 0.356 bits per heavy atom. The molecule has 0 heteroatoms. The van der Waals surface area contributed by atoms with Gasteiger partial charge in [-0.2, -0.15) is 0 Å². The monoisotopic (exact) mass is 1100 g/mol. The first-order valence-electron chi connectivity index (χ1n) is 30.2. The van der Waals surface area contributed by atoms with Crippen LogP contribution in [0.5, 0.6) is 0 Å². The zero-order chi connectivity index (χ0) is 58.0.